The van der Waals surface area contributed by atoms with Gasteiger partial charge >= 0.3 is 0 Å². The van der Waals surface area contributed by atoms with Gasteiger partial charge in [-0.05, 0) is 26.0 Å². The predicted octanol–water partition coefficient (Wildman–Crippen LogP) is 1.88. The van der Waals surface area contributed by atoms with Crippen molar-refractivity contribution in [3.8, 4) is 11.5 Å². The highest BCUT2D eigenvalue weighted by Gasteiger charge is 2.13. The molecule has 25 heavy (non-hydrogen) atoms. The largest absolute Gasteiger partial charge is 0.351 e. The molecule has 0 aromatic carbocycles. The number of carbonyl (C=O) groups excluding carboxylic acids is 1. The Balaban J connectivity index is 1.65. The van der Waals surface area contributed by atoms with Crippen molar-refractivity contribution < 1.29 is 4.79 Å². The average molecular weight is 355 g/mol. The summed E-state index contributed by atoms with van der Waals surface area (Å²) in [6, 6.07) is 5.30. The summed E-state index contributed by atoms with van der Waals surface area (Å²) in [5.41, 5.74) is 1.04. The number of carbonyl (C=O) groups is 1. The maximum Gasteiger partial charge on any atom is 0.264 e. The Morgan fingerprint density at radius 3 is 2.76 bits per heavy atom. The number of aromatic amines is 1. The van der Waals surface area contributed by atoms with Gasteiger partial charge in [0.2, 0.25) is 0 Å². The zero-order valence-electron chi connectivity index (χ0n) is 13.9. The summed E-state index contributed by atoms with van der Waals surface area (Å²) in [7, 11) is 0. The van der Waals surface area contributed by atoms with E-state index in [0.29, 0.717) is 24.5 Å². The molecule has 1 amide bonds. The van der Waals surface area contributed by atoms with Gasteiger partial charge in [0.15, 0.2) is 5.82 Å². The third-order valence-electron chi connectivity index (χ3n) is 3.65. The standard InChI is InChI=1S/C17H17N5O2S/c1-10-11(2)25-14(21-10)6-8-19-16(23)12-9-20-15(22-17(12)24)13-5-3-4-7-18-13/h3-5,7,9H,6,8H2,1-2H3,(H,19,23)(H,20,22,24). The lowest BCUT2D eigenvalue weighted by atomic mass is 10.3. The smallest absolute Gasteiger partial charge is 0.264 e. The maximum atomic E-state index is 12.2. The second-order valence-electron chi connectivity index (χ2n) is 5.44. The van der Waals surface area contributed by atoms with Crippen LogP contribution in [0.4, 0.5) is 0 Å². The molecule has 8 heteroatoms. The van der Waals surface area contributed by atoms with Gasteiger partial charge in [-0.15, -0.1) is 11.3 Å². The number of aromatic nitrogens is 4. The number of pyridine rings is 1. The first kappa shape index (κ1) is 17.0. The number of hydrogen-bond donors (Lipinski definition) is 2. The predicted molar refractivity (Wildman–Crippen MR) is 95.7 cm³/mol. The summed E-state index contributed by atoms with van der Waals surface area (Å²) >= 11 is 1.61. The summed E-state index contributed by atoms with van der Waals surface area (Å²) in [5.74, 6) is -0.123. The number of rotatable bonds is 5. The Labute approximate surface area is 148 Å². The molecule has 0 saturated heterocycles. The van der Waals surface area contributed by atoms with Gasteiger partial charge in [-0.2, -0.15) is 0 Å². The van der Waals surface area contributed by atoms with E-state index in [-0.39, 0.29) is 5.56 Å². The van der Waals surface area contributed by atoms with Crippen molar-refractivity contribution in [2.75, 3.05) is 6.54 Å². The van der Waals surface area contributed by atoms with E-state index in [1.165, 1.54) is 11.1 Å². The first-order chi connectivity index (χ1) is 12.0. The van der Waals surface area contributed by atoms with E-state index in [1.807, 2.05) is 13.8 Å². The van der Waals surface area contributed by atoms with Crippen LogP contribution in [0, 0.1) is 13.8 Å². The molecule has 0 atom stereocenters. The fourth-order valence-corrected chi connectivity index (χ4v) is 3.15. The van der Waals surface area contributed by atoms with Crippen LogP contribution in [0.15, 0.2) is 35.4 Å². The van der Waals surface area contributed by atoms with Gasteiger partial charge in [-0.3, -0.25) is 14.6 Å². The SMILES string of the molecule is Cc1nc(CCNC(=O)c2cnc(-c3ccccn3)[nH]c2=O)sc1C. The molecule has 0 aliphatic rings. The molecule has 2 N–H and O–H groups in total. The molecule has 0 saturated carbocycles. The normalized spacial score (nSPS) is 10.6. The molecule has 128 valence electrons. The third-order valence-corrected chi connectivity index (χ3v) is 4.78. The van der Waals surface area contributed by atoms with Crippen LogP contribution in [-0.2, 0) is 6.42 Å². The fourth-order valence-electron chi connectivity index (χ4n) is 2.21. The topological polar surface area (TPSA) is 101 Å². The van der Waals surface area contributed by atoms with Crippen LogP contribution in [0.1, 0.15) is 25.9 Å². The minimum absolute atomic E-state index is 0.0221. The number of nitrogens with zero attached hydrogens (tertiary/aromatic N) is 3. The molecule has 0 bridgehead atoms. The second-order valence-corrected chi connectivity index (χ2v) is 6.73. The van der Waals surface area contributed by atoms with Gasteiger partial charge in [0.25, 0.3) is 11.5 Å². The van der Waals surface area contributed by atoms with E-state index in [0.717, 1.165) is 10.7 Å². The summed E-state index contributed by atoms with van der Waals surface area (Å²) in [5, 5.41) is 3.69. The van der Waals surface area contributed by atoms with Crippen LogP contribution in [0.3, 0.4) is 0 Å². The molecule has 3 aromatic rings. The van der Waals surface area contributed by atoms with Gasteiger partial charge in [-0.25, -0.2) is 9.97 Å². The van der Waals surface area contributed by atoms with Gasteiger partial charge in [0, 0.05) is 30.2 Å². The van der Waals surface area contributed by atoms with Crippen molar-refractivity contribution in [1.82, 2.24) is 25.3 Å². The van der Waals surface area contributed by atoms with Crippen LogP contribution in [0.5, 0.6) is 0 Å². The summed E-state index contributed by atoms with van der Waals surface area (Å²) < 4.78 is 0. The average Bonchev–Trinajstić information content (AvgIpc) is 2.93. The summed E-state index contributed by atoms with van der Waals surface area (Å²) in [4.78, 5) is 40.7. The number of H-pyrrole nitrogens is 1. The van der Waals surface area contributed by atoms with Crippen molar-refractivity contribution in [3.63, 3.8) is 0 Å². The molecule has 0 aliphatic carbocycles. The molecule has 0 spiro atoms. The minimum Gasteiger partial charge on any atom is -0.351 e. The number of nitrogens with one attached hydrogen (secondary N) is 2. The lowest BCUT2D eigenvalue weighted by Gasteiger charge is -2.04. The minimum atomic E-state index is -0.492. The maximum absolute atomic E-state index is 12.2. The van der Waals surface area contributed by atoms with E-state index >= 15 is 0 Å². The molecule has 3 rings (SSSR count). The first-order valence-electron chi connectivity index (χ1n) is 7.76. The quantitative estimate of drug-likeness (QED) is 0.728. The van der Waals surface area contributed by atoms with Crippen molar-refractivity contribution in [1.29, 1.82) is 0 Å². The Morgan fingerprint density at radius 1 is 1.28 bits per heavy atom. The molecular formula is C17H17N5O2S. The van der Waals surface area contributed by atoms with Crippen LogP contribution in [-0.4, -0.2) is 32.4 Å². The number of hydrogen-bond acceptors (Lipinski definition) is 6. The van der Waals surface area contributed by atoms with E-state index in [1.54, 1.807) is 35.7 Å². The van der Waals surface area contributed by atoms with Crippen LogP contribution >= 0.6 is 11.3 Å². The highest BCUT2D eigenvalue weighted by molar-refractivity contribution is 7.11. The number of aryl methyl sites for hydroxylation is 2. The van der Waals surface area contributed by atoms with E-state index in [9.17, 15) is 9.59 Å². The Kier molecular flexibility index (Phi) is 4.99. The monoisotopic (exact) mass is 355 g/mol. The molecule has 0 radical (unpaired) electrons. The van der Waals surface area contributed by atoms with E-state index in [2.05, 4.69) is 25.3 Å². The molecule has 0 fully saturated rings. The van der Waals surface area contributed by atoms with Gasteiger partial charge in [-0.1, -0.05) is 6.07 Å². The Hall–Kier alpha value is -2.87. The van der Waals surface area contributed by atoms with E-state index < -0.39 is 11.5 Å². The summed E-state index contributed by atoms with van der Waals surface area (Å²) in [6.45, 7) is 4.39. The van der Waals surface area contributed by atoms with Crippen molar-refractivity contribution >= 4 is 17.2 Å². The Morgan fingerprint density at radius 2 is 2.12 bits per heavy atom. The number of amides is 1. The summed E-state index contributed by atoms with van der Waals surface area (Å²) in [6.07, 6.45) is 3.51. The van der Waals surface area contributed by atoms with Crippen LogP contribution in [0.2, 0.25) is 0 Å². The molecule has 7 nitrogen and oxygen atoms in total. The van der Waals surface area contributed by atoms with Crippen molar-refractivity contribution in [2.24, 2.45) is 0 Å². The van der Waals surface area contributed by atoms with Crippen LogP contribution in [0.25, 0.3) is 11.5 Å². The second kappa shape index (κ2) is 7.35. The zero-order valence-corrected chi connectivity index (χ0v) is 14.7. The molecule has 0 unspecified atom stereocenters. The molecule has 0 aliphatic heterocycles. The zero-order chi connectivity index (χ0) is 17.8. The highest BCUT2D eigenvalue weighted by Crippen LogP contribution is 2.16. The third kappa shape index (κ3) is 3.97. The van der Waals surface area contributed by atoms with Crippen molar-refractivity contribution in [2.45, 2.75) is 20.3 Å². The van der Waals surface area contributed by atoms with Gasteiger partial charge in [0.1, 0.15) is 11.3 Å². The van der Waals surface area contributed by atoms with Gasteiger partial charge < -0.3 is 10.3 Å². The van der Waals surface area contributed by atoms with Crippen LogP contribution < -0.4 is 10.9 Å². The molecule has 3 aromatic heterocycles. The van der Waals surface area contributed by atoms with Gasteiger partial charge in [0.05, 0.1) is 10.7 Å². The molecular weight excluding hydrogens is 338 g/mol. The molecule has 3 heterocycles. The fraction of sp³-hybridized carbons (Fsp3) is 0.235. The first-order valence-corrected chi connectivity index (χ1v) is 8.58. The van der Waals surface area contributed by atoms with E-state index in [4.69, 9.17) is 0 Å². The lowest BCUT2D eigenvalue weighted by molar-refractivity contribution is 0.0952. The van der Waals surface area contributed by atoms with Crippen molar-refractivity contribution in [3.05, 3.63) is 62.1 Å². The Bertz CT molecular complexity index is 930. The highest BCUT2D eigenvalue weighted by atomic mass is 32.1. The number of thiazole rings is 1. The lowest BCUT2D eigenvalue weighted by Crippen LogP contribution is -2.31.